The molecule has 10 N–H and O–H groups in total. The third-order valence-corrected chi connectivity index (χ3v) is 7.59. The van der Waals surface area contributed by atoms with E-state index in [1.54, 1.807) is 44.2 Å². The molecule has 0 fully saturated rings. The van der Waals surface area contributed by atoms with Crippen molar-refractivity contribution in [2.75, 3.05) is 6.54 Å². The van der Waals surface area contributed by atoms with Gasteiger partial charge in [0.05, 0.1) is 6.54 Å². The molecule has 6 atom stereocenters. The Balaban J connectivity index is 2.64. The largest absolute Gasteiger partial charge is 0.480 e. The molecule has 0 bridgehead atoms. The summed E-state index contributed by atoms with van der Waals surface area (Å²) in [4.78, 5) is 111. The van der Waals surface area contributed by atoms with E-state index in [0.29, 0.717) is 5.56 Å². The number of nitrogens with one attached hydrogen (secondary N) is 7. The second-order valence-electron chi connectivity index (χ2n) is 13.2. The average Bonchev–Trinajstić information content (AvgIpc) is 3.07. The molecule has 18 nitrogen and oxygen atoms in total. The number of nitrogens with two attached hydrogens (primary N) is 1. The number of rotatable bonds is 21. The zero-order chi connectivity index (χ0) is 40.4. The maximum absolute atomic E-state index is 13.0. The lowest BCUT2D eigenvalue weighted by Gasteiger charge is -2.25. The first-order valence-electron chi connectivity index (χ1n) is 17.0. The van der Waals surface area contributed by atoms with Crippen LogP contribution in [0, 0.1) is 11.8 Å². The minimum Gasteiger partial charge on any atom is -0.480 e. The molecule has 0 unspecified atom stereocenters. The van der Waals surface area contributed by atoms with Crippen LogP contribution in [0.4, 0.5) is 0 Å². The lowest BCUT2D eigenvalue weighted by molar-refractivity contribution is -0.141. The van der Waals surface area contributed by atoms with Crippen molar-refractivity contribution in [3.63, 3.8) is 0 Å². The molecule has 1 rings (SSSR count). The van der Waals surface area contributed by atoms with E-state index in [9.17, 15) is 48.3 Å². The fraction of sp³-hybridized carbons (Fsp3) is 0.514. The molecular weight excluding hydrogens is 692 g/mol. The smallest absolute Gasteiger partial charge is 0.326 e. The van der Waals surface area contributed by atoms with Crippen molar-refractivity contribution in [3.05, 3.63) is 48.0 Å². The summed E-state index contributed by atoms with van der Waals surface area (Å²) in [5, 5.41) is 26.3. The molecule has 0 heterocycles. The van der Waals surface area contributed by atoms with Crippen LogP contribution >= 0.6 is 0 Å². The second kappa shape index (κ2) is 22.2. The Kier molecular flexibility index (Phi) is 18.9. The van der Waals surface area contributed by atoms with Gasteiger partial charge in [-0.05, 0) is 44.6 Å². The number of carboxylic acid groups (broad SMARTS) is 1. The molecule has 292 valence electrons. The highest BCUT2D eigenvalue weighted by Gasteiger charge is 2.29. The summed E-state index contributed by atoms with van der Waals surface area (Å²) in [6.07, 6.45) is 1.87. The normalized spacial score (nSPS) is 14.4. The molecule has 1 aromatic carbocycles. The predicted molar refractivity (Wildman–Crippen MR) is 192 cm³/mol. The van der Waals surface area contributed by atoms with E-state index in [4.69, 9.17) is 5.73 Å². The number of benzene rings is 1. The molecule has 0 aliphatic carbocycles. The van der Waals surface area contributed by atoms with Crippen molar-refractivity contribution < 1.29 is 48.3 Å². The van der Waals surface area contributed by atoms with Crippen molar-refractivity contribution in [1.29, 1.82) is 0 Å². The van der Waals surface area contributed by atoms with Gasteiger partial charge in [-0.2, -0.15) is 0 Å². The number of primary amides is 1. The van der Waals surface area contributed by atoms with Crippen LogP contribution in [0.25, 0.3) is 0 Å². The monoisotopic (exact) mass is 744 g/mol. The summed E-state index contributed by atoms with van der Waals surface area (Å²) in [7, 11) is 0. The highest BCUT2D eigenvalue weighted by Crippen LogP contribution is 2.07. The molecule has 0 aromatic heterocycles. The van der Waals surface area contributed by atoms with Crippen molar-refractivity contribution in [3.8, 4) is 0 Å². The van der Waals surface area contributed by atoms with Gasteiger partial charge in [-0.1, -0.05) is 58.0 Å². The number of hydrogen-bond donors (Lipinski definition) is 9. The lowest BCUT2D eigenvalue weighted by atomic mass is 10.0. The van der Waals surface area contributed by atoms with Crippen LogP contribution in [-0.4, -0.2) is 101 Å². The Labute approximate surface area is 308 Å². The Morgan fingerprint density at radius 1 is 0.642 bits per heavy atom. The number of hydrogen-bond acceptors (Lipinski definition) is 9. The highest BCUT2D eigenvalue weighted by molar-refractivity contribution is 6.00. The van der Waals surface area contributed by atoms with Crippen LogP contribution < -0.4 is 43.0 Å². The van der Waals surface area contributed by atoms with E-state index in [2.05, 4.69) is 37.2 Å². The lowest BCUT2D eigenvalue weighted by Crippen LogP contribution is -2.57. The van der Waals surface area contributed by atoms with Crippen LogP contribution in [0.3, 0.4) is 0 Å². The van der Waals surface area contributed by atoms with Gasteiger partial charge in [0, 0.05) is 18.6 Å². The summed E-state index contributed by atoms with van der Waals surface area (Å²) in [5.74, 6) is -7.58. The Bertz CT molecular complexity index is 1510. The summed E-state index contributed by atoms with van der Waals surface area (Å²) in [5.41, 5.74) is 6.03. The fourth-order valence-electron chi connectivity index (χ4n) is 4.64. The molecule has 18 heteroatoms. The van der Waals surface area contributed by atoms with Gasteiger partial charge in [-0.3, -0.25) is 38.4 Å². The number of aliphatic carboxylic acids is 1. The summed E-state index contributed by atoms with van der Waals surface area (Å²) in [6, 6.07) is 2.01. The van der Waals surface area contributed by atoms with Gasteiger partial charge >= 0.3 is 5.97 Å². The molecule has 53 heavy (non-hydrogen) atoms. The minimum atomic E-state index is -1.25. The van der Waals surface area contributed by atoms with E-state index in [1.165, 1.54) is 20.8 Å². The second-order valence-corrected chi connectivity index (χ2v) is 13.2. The zero-order valence-electron chi connectivity index (χ0n) is 31.0. The molecule has 0 aliphatic heterocycles. The van der Waals surface area contributed by atoms with Gasteiger partial charge in [0.2, 0.25) is 47.3 Å². The SMILES string of the molecule is CC(C)C[C@H](NC(=O)[C@H](C)NC(=O)/C=C/C(=O)N[C@@H](C)C(=O)NCC(=O)N[C@@H](Cc1ccccc1)C(=O)O)C(=O)N[C@@H](C)C(=O)N[C@H](C(N)=O)C(C)C. The van der Waals surface area contributed by atoms with Crippen LogP contribution in [-0.2, 0) is 49.6 Å². The zero-order valence-corrected chi connectivity index (χ0v) is 31.0. The first-order chi connectivity index (χ1) is 24.7. The molecule has 8 amide bonds. The van der Waals surface area contributed by atoms with E-state index in [1.807, 2.05) is 13.8 Å². The van der Waals surface area contributed by atoms with E-state index in [0.717, 1.165) is 12.2 Å². The molecule has 0 radical (unpaired) electrons. The maximum atomic E-state index is 13.0. The van der Waals surface area contributed by atoms with Crippen molar-refractivity contribution >= 4 is 53.2 Å². The molecule has 0 saturated heterocycles. The topological polar surface area (TPSA) is 284 Å². The van der Waals surface area contributed by atoms with Crippen LogP contribution in [0.2, 0.25) is 0 Å². The van der Waals surface area contributed by atoms with Gasteiger partial charge < -0.3 is 48.1 Å². The first kappa shape index (κ1) is 45.2. The van der Waals surface area contributed by atoms with Gasteiger partial charge in [0.1, 0.15) is 36.3 Å². The third-order valence-electron chi connectivity index (χ3n) is 7.59. The molecule has 0 saturated carbocycles. The Morgan fingerprint density at radius 3 is 1.64 bits per heavy atom. The number of carboxylic acids is 1. The fourth-order valence-corrected chi connectivity index (χ4v) is 4.64. The summed E-state index contributed by atoms with van der Waals surface area (Å²) in [6.45, 7) is 10.5. The molecule has 0 aliphatic rings. The van der Waals surface area contributed by atoms with Crippen molar-refractivity contribution in [2.45, 2.75) is 97.6 Å². The quantitative estimate of drug-likeness (QED) is 0.0633. The third kappa shape index (κ3) is 17.3. The number of amides is 8. The van der Waals surface area contributed by atoms with Gasteiger partial charge in [-0.25, -0.2) is 4.79 Å². The van der Waals surface area contributed by atoms with E-state index >= 15 is 0 Å². The summed E-state index contributed by atoms with van der Waals surface area (Å²) >= 11 is 0. The van der Waals surface area contributed by atoms with E-state index in [-0.39, 0.29) is 24.7 Å². The minimum absolute atomic E-state index is 0.0307. The van der Waals surface area contributed by atoms with Crippen molar-refractivity contribution in [2.24, 2.45) is 17.6 Å². The standard InChI is InChI=1S/C35H52N8O10/c1-18(2)15-24(34(51)40-22(7)33(50)43-29(19(3)4)30(36)47)42-32(49)21(6)39-27(45)14-13-26(44)38-20(5)31(48)37-17-28(46)41-25(35(52)53)16-23-11-9-8-10-12-23/h8-14,18-22,24-25,29H,15-17H2,1-7H3,(H2,36,47)(H,37,48)(H,38,44)(H,39,45)(H,40,51)(H,41,46)(H,42,49)(H,43,50)(H,52,53)/b14-13+/t20-,21-,22-,24-,25-,29-/m0/s1. The molecule has 0 spiro atoms. The highest BCUT2D eigenvalue weighted by atomic mass is 16.4. The summed E-state index contributed by atoms with van der Waals surface area (Å²) < 4.78 is 0. The van der Waals surface area contributed by atoms with Gasteiger partial charge in [0.15, 0.2) is 0 Å². The van der Waals surface area contributed by atoms with Gasteiger partial charge in [0.25, 0.3) is 0 Å². The Morgan fingerprint density at radius 2 is 1.15 bits per heavy atom. The van der Waals surface area contributed by atoms with Crippen LogP contribution in [0.5, 0.6) is 0 Å². The molecular formula is C35H52N8O10. The first-order valence-corrected chi connectivity index (χ1v) is 17.0. The van der Waals surface area contributed by atoms with Gasteiger partial charge in [-0.15, -0.1) is 0 Å². The maximum Gasteiger partial charge on any atom is 0.326 e. The average molecular weight is 745 g/mol. The number of carbonyl (C=O) groups excluding carboxylic acids is 8. The predicted octanol–water partition coefficient (Wildman–Crippen LogP) is -1.86. The van der Waals surface area contributed by atoms with Crippen LogP contribution in [0.1, 0.15) is 60.5 Å². The Hall–Kier alpha value is -5.81. The van der Waals surface area contributed by atoms with Crippen LogP contribution in [0.15, 0.2) is 42.5 Å². The number of carbonyl (C=O) groups is 9. The van der Waals surface area contributed by atoms with Crippen molar-refractivity contribution in [1.82, 2.24) is 37.2 Å². The molecule has 1 aromatic rings. The van der Waals surface area contributed by atoms with E-state index < -0.39 is 96.0 Å².